The fourth-order valence-electron chi connectivity index (χ4n) is 3.44. The molecule has 0 radical (unpaired) electrons. The highest BCUT2D eigenvalue weighted by Crippen LogP contribution is 2.28. The molecule has 0 bridgehead atoms. The van der Waals surface area contributed by atoms with Crippen molar-refractivity contribution in [1.29, 1.82) is 0 Å². The van der Waals surface area contributed by atoms with Crippen molar-refractivity contribution >= 4 is 39.1 Å². The Kier molecular flexibility index (Phi) is 6.36. The maximum atomic E-state index is 13.0. The zero-order valence-electron chi connectivity index (χ0n) is 17.9. The monoisotopic (exact) mass is 426 g/mol. The summed E-state index contributed by atoms with van der Waals surface area (Å²) in [7, 11) is 0. The van der Waals surface area contributed by atoms with Crippen LogP contribution in [-0.2, 0) is 11.3 Å². The first-order valence-electron chi connectivity index (χ1n) is 9.91. The number of aryl methyl sites for hydroxylation is 3. The number of likely N-dealkylation sites (N-methyl/N-ethyl adjacent to an activating group) is 1. The number of nitrogens with zero attached hydrogens (tertiary/aromatic N) is 3. The van der Waals surface area contributed by atoms with Gasteiger partial charge in [0.25, 0.3) is 11.5 Å². The third-order valence-corrected chi connectivity index (χ3v) is 6.37. The molecule has 158 valence electrons. The van der Waals surface area contributed by atoms with Crippen LogP contribution in [0.5, 0.6) is 0 Å². The molecule has 0 aliphatic heterocycles. The van der Waals surface area contributed by atoms with E-state index in [0.717, 1.165) is 16.8 Å². The SMILES string of the molecule is CCN(CC)C(=O)Cn1cnc2sc(C(=O)Nc3ccc(C)cc3C)c(C)c2c1=O. The lowest BCUT2D eigenvalue weighted by Crippen LogP contribution is -2.36. The lowest BCUT2D eigenvalue weighted by Gasteiger charge is -2.18. The lowest BCUT2D eigenvalue weighted by molar-refractivity contribution is -0.131. The van der Waals surface area contributed by atoms with Gasteiger partial charge in [-0.2, -0.15) is 0 Å². The Labute approximate surface area is 179 Å². The van der Waals surface area contributed by atoms with E-state index in [1.807, 2.05) is 45.9 Å². The second-order valence-electron chi connectivity index (χ2n) is 7.25. The van der Waals surface area contributed by atoms with Crippen LogP contribution in [0.3, 0.4) is 0 Å². The molecule has 0 saturated carbocycles. The Morgan fingerprint density at radius 2 is 1.87 bits per heavy atom. The van der Waals surface area contributed by atoms with Gasteiger partial charge in [0.05, 0.1) is 16.6 Å². The Morgan fingerprint density at radius 3 is 2.50 bits per heavy atom. The zero-order valence-corrected chi connectivity index (χ0v) is 18.7. The van der Waals surface area contributed by atoms with E-state index in [9.17, 15) is 14.4 Å². The minimum atomic E-state index is -0.306. The fourth-order valence-corrected chi connectivity index (χ4v) is 4.48. The molecule has 0 atom stereocenters. The van der Waals surface area contributed by atoms with Crippen LogP contribution in [0, 0.1) is 20.8 Å². The van der Waals surface area contributed by atoms with Crippen molar-refractivity contribution in [1.82, 2.24) is 14.5 Å². The van der Waals surface area contributed by atoms with Gasteiger partial charge in [0, 0.05) is 18.8 Å². The highest BCUT2D eigenvalue weighted by atomic mass is 32.1. The maximum absolute atomic E-state index is 13.0. The molecular formula is C22H26N4O3S. The number of aromatic nitrogens is 2. The molecule has 1 aromatic carbocycles. The minimum absolute atomic E-state index is 0.0666. The second-order valence-corrected chi connectivity index (χ2v) is 8.25. The number of hydrogen-bond donors (Lipinski definition) is 1. The summed E-state index contributed by atoms with van der Waals surface area (Å²) in [5.74, 6) is -0.406. The summed E-state index contributed by atoms with van der Waals surface area (Å²) in [6.45, 7) is 10.6. The van der Waals surface area contributed by atoms with E-state index in [0.29, 0.717) is 33.7 Å². The Morgan fingerprint density at radius 1 is 1.17 bits per heavy atom. The van der Waals surface area contributed by atoms with Crippen molar-refractivity contribution in [3.8, 4) is 0 Å². The summed E-state index contributed by atoms with van der Waals surface area (Å²) < 4.78 is 1.31. The highest BCUT2D eigenvalue weighted by molar-refractivity contribution is 7.20. The van der Waals surface area contributed by atoms with Crippen molar-refractivity contribution in [3.63, 3.8) is 0 Å². The number of fused-ring (bicyclic) bond motifs is 1. The van der Waals surface area contributed by atoms with Gasteiger partial charge < -0.3 is 10.2 Å². The average molecular weight is 427 g/mol. The van der Waals surface area contributed by atoms with Gasteiger partial charge in [-0.3, -0.25) is 19.0 Å². The third kappa shape index (κ3) is 4.14. The number of anilines is 1. The predicted molar refractivity (Wildman–Crippen MR) is 120 cm³/mol. The summed E-state index contributed by atoms with van der Waals surface area (Å²) in [6, 6.07) is 5.81. The summed E-state index contributed by atoms with van der Waals surface area (Å²) in [4.78, 5) is 45.2. The lowest BCUT2D eigenvalue weighted by atomic mass is 10.1. The molecule has 3 aromatic rings. The van der Waals surface area contributed by atoms with E-state index in [-0.39, 0.29) is 23.9 Å². The Balaban J connectivity index is 1.94. The topological polar surface area (TPSA) is 84.3 Å². The van der Waals surface area contributed by atoms with Gasteiger partial charge in [-0.1, -0.05) is 17.7 Å². The van der Waals surface area contributed by atoms with Crippen LogP contribution in [0.2, 0.25) is 0 Å². The largest absolute Gasteiger partial charge is 0.342 e. The van der Waals surface area contributed by atoms with Gasteiger partial charge >= 0.3 is 0 Å². The Hall–Kier alpha value is -3.00. The Bertz CT molecular complexity index is 1180. The number of hydrogen-bond acceptors (Lipinski definition) is 5. The van der Waals surface area contributed by atoms with E-state index in [4.69, 9.17) is 0 Å². The number of nitrogens with one attached hydrogen (secondary N) is 1. The van der Waals surface area contributed by atoms with Crippen LogP contribution in [0.4, 0.5) is 5.69 Å². The predicted octanol–water partition coefficient (Wildman–Crippen LogP) is 3.50. The van der Waals surface area contributed by atoms with Crippen LogP contribution in [-0.4, -0.2) is 39.4 Å². The number of rotatable bonds is 6. The van der Waals surface area contributed by atoms with Crippen LogP contribution in [0.15, 0.2) is 29.3 Å². The van der Waals surface area contributed by atoms with Gasteiger partial charge in [0.2, 0.25) is 5.91 Å². The van der Waals surface area contributed by atoms with Crippen LogP contribution < -0.4 is 10.9 Å². The average Bonchev–Trinajstić information content (AvgIpc) is 3.04. The van der Waals surface area contributed by atoms with Gasteiger partial charge in [0.1, 0.15) is 11.4 Å². The molecule has 1 N–H and O–H groups in total. The standard InChI is InChI=1S/C22H26N4O3S/c1-6-25(7-2)17(27)11-26-12-23-21-18(22(26)29)15(5)19(30-21)20(28)24-16-9-8-13(3)10-14(16)4/h8-10,12H,6-7,11H2,1-5H3,(H,24,28). The third-order valence-electron chi connectivity index (χ3n) is 5.18. The molecule has 0 aliphatic carbocycles. The number of benzene rings is 1. The van der Waals surface area contributed by atoms with Gasteiger partial charge in [-0.25, -0.2) is 4.98 Å². The van der Waals surface area contributed by atoms with Crippen molar-refractivity contribution in [2.75, 3.05) is 18.4 Å². The highest BCUT2D eigenvalue weighted by Gasteiger charge is 2.21. The van der Waals surface area contributed by atoms with Gasteiger partial charge in [-0.15, -0.1) is 11.3 Å². The van der Waals surface area contributed by atoms with E-state index in [2.05, 4.69) is 10.3 Å². The zero-order chi connectivity index (χ0) is 22.0. The molecule has 0 unspecified atom stereocenters. The normalized spacial score (nSPS) is 11.0. The summed E-state index contributed by atoms with van der Waals surface area (Å²) in [5, 5.41) is 3.32. The molecule has 2 amide bonds. The molecule has 0 spiro atoms. The smallest absolute Gasteiger partial charge is 0.266 e. The quantitative estimate of drug-likeness (QED) is 0.654. The van der Waals surface area contributed by atoms with Crippen molar-refractivity contribution in [2.45, 2.75) is 41.2 Å². The summed E-state index contributed by atoms with van der Waals surface area (Å²) in [6.07, 6.45) is 1.38. The first-order chi connectivity index (χ1) is 14.3. The van der Waals surface area contributed by atoms with Crippen molar-refractivity contribution in [3.05, 3.63) is 56.4 Å². The molecule has 0 saturated heterocycles. The van der Waals surface area contributed by atoms with Crippen molar-refractivity contribution < 1.29 is 9.59 Å². The first-order valence-corrected chi connectivity index (χ1v) is 10.7. The number of amides is 2. The second kappa shape index (κ2) is 8.79. The molecule has 30 heavy (non-hydrogen) atoms. The number of carbonyl (C=O) groups excluding carboxylic acids is 2. The molecule has 3 rings (SSSR count). The number of thiophene rings is 1. The fraction of sp³-hybridized carbons (Fsp3) is 0.364. The van der Waals surface area contributed by atoms with Gasteiger partial charge in [-0.05, 0) is 51.8 Å². The van der Waals surface area contributed by atoms with Crippen LogP contribution in [0.25, 0.3) is 10.2 Å². The van der Waals surface area contributed by atoms with Crippen LogP contribution in [0.1, 0.15) is 40.2 Å². The van der Waals surface area contributed by atoms with Crippen LogP contribution >= 0.6 is 11.3 Å². The summed E-state index contributed by atoms with van der Waals surface area (Å²) in [5.41, 5.74) is 3.10. The van der Waals surface area contributed by atoms with E-state index in [1.54, 1.807) is 11.8 Å². The first kappa shape index (κ1) is 21.7. The molecule has 0 fully saturated rings. The molecular weight excluding hydrogens is 400 g/mol. The molecule has 0 aliphatic rings. The van der Waals surface area contributed by atoms with E-state index >= 15 is 0 Å². The van der Waals surface area contributed by atoms with E-state index < -0.39 is 0 Å². The maximum Gasteiger partial charge on any atom is 0.266 e. The summed E-state index contributed by atoms with van der Waals surface area (Å²) >= 11 is 1.19. The van der Waals surface area contributed by atoms with E-state index in [1.165, 1.54) is 22.2 Å². The molecule has 2 aromatic heterocycles. The van der Waals surface area contributed by atoms with Gasteiger partial charge in [0.15, 0.2) is 0 Å². The minimum Gasteiger partial charge on any atom is -0.342 e. The van der Waals surface area contributed by atoms with Crippen molar-refractivity contribution in [2.24, 2.45) is 0 Å². The molecule has 7 nitrogen and oxygen atoms in total. The molecule has 8 heteroatoms. The molecule has 2 heterocycles. The number of carbonyl (C=O) groups is 2.